The average Bonchev–Trinajstić information content (AvgIpc) is 3.02. The van der Waals surface area contributed by atoms with E-state index in [-0.39, 0.29) is 17.7 Å². The van der Waals surface area contributed by atoms with Gasteiger partial charge < -0.3 is 10.6 Å². The Morgan fingerprint density at radius 3 is 2.72 bits per heavy atom. The second kappa shape index (κ2) is 7.70. The number of piperidine rings is 1. The molecule has 3 rings (SSSR count). The van der Waals surface area contributed by atoms with Crippen LogP contribution in [-0.4, -0.2) is 45.5 Å². The first-order valence-electron chi connectivity index (χ1n) is 8.45. The smallest absolute Gasteiger partial charge is 0.232 e. The number of aryl methyl sites for hydroxylation is 2. The fraction of sp³-hybridized carbons (Fsp3) is 0.529. The van der Waals surface area contributed by atoms with Gasteiger partial charge in [-0.2, -0.15) is 0 Å². The molecule has 2 aromatic rings. The highest BCUT2D eigenvalue weighted by atomic mass is 32.2. The molecule has 8 heteroatoms. The van der Waals surface area contributed by atoms with Crippen LogP contribution in [0.1, 0.15) is 30.5 Å². The van der Waals surface area contributed by atoms with Gasteiger partial charge in [0.05, 0.1) is 5.75 Å². The normalized spacial score (nSPS) is 15.7. The summed E-state index contributed by atoms with van der Waals surface area (Å²) in [5, 5.41) is 1.91. The third kappa shape index (κ3) is 4.12. The highest BCUT2D eigenvalue weighted by molar-refractivity contribution is 8.00. The summed E-state index contributed by atoms with van der Waals surface area (Å²) in [5.41, 5.74) is 5.34. The zero-order valence-corrected chi connectivity index (χ0v) is 16.1. The summed E-state index contributed by atoms with van der Waals surface area (Å²) in [4.78, 5) is 36.8. The van der Waals surface area contributed by atoms with Gasteiger partial charge in [0.15, 0.2) is 0 Å². The van der Waals surface area contributed by atoms with Crippen LogP contribution in [0.3, 0.4) is 0 Å². The van der Waals surface area contributed by atoms with Crippen LogP contribution in [-0.2, 0) is 16.0 Å². The van der Waals surface area contributed by atoms with Crippen LogP contribution in [0.4, 0.5) is 0 Å². The Bertz CT molecular complexity index is 797. The van der Waals surface area contributed by atoms with E-state index >= 15 is 0 Å². The van der Waals surface area contributed by atoms with Gasteiger partial charge in [-0.25, -0.2) is 9.97 Å². The zero-order chi connectivity index (χ0) is 18.0. The molecule has 0 radical (unpaired) electrons. The summed E-state index contributed by atoms with van der Waals surface area (Å²) < 4.78 is 0. The Labute approximate surface area is 155 Å². The van der Waals surface area contributed by atoms with Gasteiger partial charge in [0.1, 0.15) is 15.7 Å². The Morgan fingerprint density at radius 1 is 1.36 bits per heavy atom. The van der Waals surface area contributed by atoms with Crippen LogP contribution >= 0.6 is 23.1 Å². The number of amides is 2. The minimum atomic E-state index is -0.260. The molecule has 1 aliphatic rings. The predicted octanol–water partition coefficient (Wildman–Crippen LogP) is 2.38. The van der Waals surface area contributed by atoms with Gasteiger partial charge in [-0.1, -0.05) is 18.7 Å². The Balaban J connectivity index is 1.65. The number of thioether (sulfide) groups is 1. The second-order valence-corrected chi connectivity index (χ2v) is 8.29. The molecule has 1 fully saturated rings. The van der Waals surface area contributed by atoms with Crippen LogP contribution in [0.2, 0.25) is 0 Å². The van der Waals surface area contributed by atoms with Crippen molar-refractivity contribution in [1.29, 1.82) is 0 Å². The van der Waals surface area contributed by atoms with Crippen LogP contribution in [0, 0.1) is 12.8 Å². The van der Waals surface area contributed by atoms with Crippen LogP contribution in [0.25, 0.3) is 10.2 Å². The molecule has 134 valence electrons. The topological polar surface area (TPSA) is 89.2 Å². The van der Waals surface area contributed by atoms with Gasteiger partial charge in [-0.05, 0) is 32.3 Å². The molecule has 0 bridgehead atoms. The maximum absolute atomic E-state index is 12.5. The molecular formula is C17H22N4O2S2. The van der Waals surface area contributed by atoms with Gasteiger partial charge in [-0.15, -0.1) is 11.3 Å². The maximum atomic E-state index is 12.5. The van der Waals surface area contributed by atoms with Gasteiger partial charge in [0, 0.05) is 29.3 Å². The van der Waals surface area contributed by atoms with Crippen LogP contribution in [0.15, 0.2) is 11.1 Å². The largest absolute Gasteiger partial charge is 0.369 e. The summed E-state index contributed by atoms with van der Waals surface area (Å²) in [5.74, 6) is 0.811. The standard InChI is InChI=1S/C17H22N4O2S2/c1-3-12-8-13-16(19-10(2)20-17(13)25-12)24-9-14(22)21-6-4-11(5-7-21)15(18)23/h8,11H,3-7,9H2,1-2H3,(H2,18,23). The van der Waals surface area contributed by atoms with Crippen molar-refractivity contribution in [3.05, 3.63) is 16.8 Å². The molecule has 2 aromatic heterocycles. The lowest BCUT2D eigenvalue weighted by Crippen LogP contribution is -2.42. The van der Waals surface area contributed by atoms with E-state index in [2.05, 4.69) is 23.0 Å². The number of fused-ring (bicyclic) bond motifs is 1. The lowest BCUT2D eigenvalue weighted by molar-refractivity contribution is -0.132. The first-order chi connectivity index (χ1) is 12.0. The van der Waals surface area contributed by atoms with Crippen molar-refractivity contribution in [1.82, 2.24) is 14.9 Å². The fourth-order valence-corrected chi connectivity index (χ4v) is 4.99. The molecule has 0 unspecified atom stereocenters. The summed E-state index contributed by atoms with van der Waals surface area (Å²) in [6.07, 6.45) is 2.29. The van der Waals surface area contributed by atoms with E-state index in [1.807, 2.05) is 11.8 Å². The number of thiophene rings is 1. The number of likely N-dealkylation sites (tertiary alicyclic amines) is 1. The SMILES string of the molecule is CCc1cc2c(SCC(=O)N3CCC(C(N)=O)CC3)nc(C)nc2s1. The monoisotopic (exact) mass is 378 g/mol. The molecule has 0 spiro atoms. The van der Waals surface area contributed by atoms with E-state index in [4.69, 9.17) is 5.73 Å². The number of hydrogen-bond acceptors (Lipinski definition) is 6. The molecule has 0 aliphatic carbocycles. The third-order valence-corrected chi connectivity index (χ3v) is 6.60. The van der Waals surface area contributed by atoms with E-state index in [9.17, 15) is 9.59 Å². The first-order valence-corrected chi connectivity index (χ1v) is 10.2. The van der Waals surface area contributed by atoms with Crippen molar-refractivity contribution in [3.63, 3.8) is 0 Å². The highest BCUT2D eigenvalue weighted by Crippen LogP contribution is 2.32. The van der Waals surface area contributed by atoms with Crippen LogP contribution in [0.5, 0.6) is 0 Å². The molecule has 25 heavy (non-hydrogen) atoms. The van der Waals surface area contributed by atoms with Crippen molar-refractivity contribution in [2.45, 2.75) is 38.1 Å². The van der Waals surface area contributed by atoms with Gasteiger partial charge in [0.25, 0.3) is 0 Å². The van der Waals surface area contributed by atoms with Gasteiger partial charge >= 0.3 is 0 Å². The lowest BCUT2D eigenvalue weighted by Gasteiger charge is -2.30. The second-order valence-electron chi connectivity index (χ2n) is 6.21. The molecule has 6 nitrogen and oxygen atoms in total. The number of rotatable bonds is 5. The molecular weight excluding hydrogens is 356 g/mol. The van der Waals surface area contributed by atoms with E-state index in [1.165, 1.54) is 16.6 Å². The number of carbonyl (C=O) groups is 2. The van der Waals surface area contributed by atoms with Gasteiger partial charge in [-0.3, -0.25) is 9.59 Å². The van der Waals surface area contributed by atoms with E-state index < -0.39 is 0 Å². The molecule has 2 amide bonds. The minimum absolute atomic E-state index is 0.0864. The first kappa shape index (κ1) is 18.1. The summed E-state index contributed by atoms with van der Waals surface area (Å²) in [6, 6.07) is 2.13. The van der Waals surface area contributed by atoms with E-state index in [0.717, 1.165) is 27.5 Å². The van der Waals surface area contributed by atoms with Crippen molar-refractivity contribution < 1.29 is 9.59 Å². The maximum Gasteiger partial charge on any atom is 0.232 e. The summed E-state index contributed by atoms with van der Waals surface area (Å²) in [7, 11) is 0. The number of carbonyl (C=O) groups excluding carboxylic acids is 2. The highest BCUT2D eigenvalue weighted by Gasteiger charge is 2.26. The quantitative estimate of drug-likeness (QED) is 0.637. The number of nitrogens with two attached hydrogens (primary N) is 1. The molecule has 3 heterocycles. The zero-order valence-electron chi connectivity index (χ0n) is 14.4. The number of aromatic nitrogens is 2. The third-order valence-electron chi connectivity index (χ3n) is 4.45. The van der Waals surface area contributed by atoms with Crippen molar-refractivity contribution in [3.8, 4) is 0 Å². The van der Waals surface area contributed by atoms with Crippen LogP contribution < -0.4 is 5.73 Å². The molecule has 1 aliphatic heterocycles. The number of nitrogens with zero attached hydrogens (tertiary/aromatic N) is 3. The summed E-state index contributed by atoms with van der Waals surface area (Å²) >= 11 is 3.16. The predicted molar refractivity (Wildman–Crippen MR) is 101 cm³/mol. The molecule has 0 atom stereocenters. The van der Waals surface area contributed by atoms with E-state index in [0.29, 0.717) is 31.7 Å². The molecule has 1 saturated heterocycles. The Morgan fingerprint density at radius 2 is 2.08 bits per heavy atom. The van der Waals surface area contributed by atoms with Gasteiger partial charge in [0.2, 0.25) is 11.8 Å². The average molecular weight is 379 g/mol. The number of primary amides is 1. The number of hydrogen-bond donors (Lipinski definition) is 1. The van der Waals surface area contributed by atoms with E-state index in [1.54, 1.807) is 11.3 Å². The lowest BCUT2D eigenvalue weighted by atomic mass is 9.96. The van der Waals surface area contributed by atoms with Crippen molar-refractivity contribution >= 4 is 45.1 Å². The molecule has 0 saturated carbocycles. The Kier molecular flexibility index (Phi) is 5.58. The van der Waals surface area contributed by atoms with Crippen molar-refractivity contribution in [2.75, 3.05) is 18.8 Å². The minimum Gasteiger partial charge on any atom is -0.369 e. The fourth-order valence-electron chi connectivity index (χ4n) is 2.97. The summed E-state index contributed by atoms with van der Waals surface area (Å²) in [6.45, 7) is 5.20. The molecule has 2 N–H and O–H groups in total. The molecule has 0 aromatic carbocycles. The van der Waals surface area contributed by atoms with Crippen molar-refractivity contribution in [2.24, 2.45) is 11.7 Å². The Hall–Kier alpha value is -1.67.